The molecule has 6 nitrogen and oxygen atoms in total. The maximum absolute atomic E-state index is 11.1. The summed E-state index contributed by atoms with van der Waals surface area (Å²) in [5.41, 5.74) is 0.173. The minimum absolute atomic E-state index is 0.0265. The zero-order valence-electron chi connectivity index (χ0n) is 9.17. The van der Waals surface area contributed by atoms with E-state index in [0.717, 1.165) is 19.1 Å². The molecular formula is C10H11N3O3S. The molecule has 1 aliphatic rings. The molecule has 1 heterocycles. The van der Waals surface area contributed by atoms with Crippen molar-refractivity contribution in [1.82, 2.24) is 4.98 Å². The number of anilines is 1. The third kappa shape index (κ3) is 3.32. The predicted octanol–water partition coefficient (Wildman–Crippen LogP) is 0.866. The molecule has 1 N–H and O–H groups in total. The second-order valence-electron chi connectivity index (χ2n) is 3.87. The summed E-state index contributed by atoms with van der Waals surface area (Å²) in [6.07, 6.45) is 4.62. The predicted molar refractivity (Wildman–Crippen MR) is 61.1 cm³/mol. The van der Waals surface area contributed by atoms with E-state index in [-0.39, 0.29) is 17.5 Å². The fourth-order valence-corrected chi connectivity index (χ4v) is 1.81. The topological polar surface area (TPSA) is 92.1 Å². The number of hydrogen-bond acceptors (Lipinski definition) is 5. The molecule has 2 rings (SSSR count). The molecule has 90 valence electrons. The molecule has 0 bridgehead atoms. The molecular weight excluding hydrogens is 242 g/mol. The fourth-order valence-electron chi connectivity index (χ4n) is 1.26. The number of hydrogen-bond donors (Lipinski definition) is 1. The van der Waals surface area contributed by atoms with E-state index in [0.29, 0.717) is 5.75 Å². The summed E-state index contributed by atoms with van der Waals surface area (Å²) in [7, 11) is -3.44. The van der Waals surface area contributed by atoms with E-state index >= 15 is 0 Å². The first kappa shape index (κ1) is 11.7. The summed E-state index contributed by atoms with van der Waals surface area (Å²) < 4.78 is 30.0. The van der Waals surface area contributed by atoms with Gasteiger partial charge in [0.2, 0.25) is 10.0 Å². The Morgan fingerprint density at radius 1 is 1.59 bits per heavy atom. The molecule has 1 saturated carbocycles. The molecule has 0 aromatic carbocycles. The van der Waals surface area contributed by atoms with Crippen molar-refractivity contribution in [3.63, 3.8) is 0 Å². The van der Waals surface area contributed by atoms with Gasteiger partial charge in [0.25, 0.3) is 0 Å². The Balaban J connectivity index is 2.29. The smallest absolute Gasteiger partial charge is 0.229 e. The van der Waals surface area contributed by atoms with Gasteiger partial charge in [-0.1, -0.05) is 0 Å². The third-order valence-electron chi connectivity index (χ3n) is 2.09. The van der Waals surface area contributed by atoms with Crippen LogP contribution in [0.2, 0.25) is 0 Å². The van der Waals surface area contributed by atoms with Crippen LogP contribution in [-0.2, 0) is 10.0 Å². The van der Waals surface area contributed by atoms with Gasteiger partial charge >= 0.3 is 0 Å². The number of rotatable bonds is 4. The number of sulfonamides is 1. The van der Waals surface area contributed by atoms with Crippen LogP contribution in [0.15, 0.2) is 12.3 Å². The first-order valence-corrected chi connectivity index (χ1v) is 6.91. The van der Waals surface area contributed by atoms with Crippen molar-refractivity contribution in [2.75, 3.05) is 11.0 Å². The van der Waals surface area contributed by atoms with Crippen LogP contribution >= 0.6 is 0 Å². The molecule has 0 saturated heterocycles. The van der Waals surface area contributed by atoms with E-state index in [1.807, 2.05) is 6.07 Å². The van der Waals surface area contributed by atoms with Gasteiger partial charge in [0, 0.05) is 6.07 Å². The minimum Gasteiger partial charge on any atom is -0.489 e. The van der Waals surface area contributed by atoms with Gasteiger partial charge in [0.1, 0.15) is 11.8 Å². The van der Waals surface area contributed by atoms with E-state index < -0.39 is 10.0 Å². The molecule has 1 fully saturated rings. The molecule has 17 heavy (non-hydrogen) atoms. The van der Waals surface area contributed by atoms with E-state index in [1.165, 1.54) is 12.3 Å². The number of aromatic nitrogens is 1. The summed E-state index contributed by atoms with van der Waals surface area (Å²) >= 11 is 0. The Hall–Kier alpha value is -1.81. The highest BCUT2D eigenvalue weighted by Gasteiger charge is 2.24. The standard InChI is InChI=1S/C10H11N3O3S/c1-17(14,15)13-9-4-8(16-7-2-3-7)6-12-10(9)5-11/h4,6-7,13H,2-3H2,1H3. The van der Waals surface area contributed by atoms with Gasteiger partial charge in [-0.05, 0) is 12.8 Å². The lowest BCUT2D eigenvalue weighted by Crippen LogP contribution is -2.11. The van der Waals surface area contributed by atoms with Gasteiger partial charge < -0.3 is 4.74 Å². The van der Waals surface area contributed by atoms with E-state index in [9.17, 15) is 8.42 Å². The van der Waals surface area contributed by atoms with Crippen LogP contribution in [0.5, 0.6) is 5.75 Å². The summed E-state index contributed by atoms with van der Waals surface area (Å²) in [6, 6.07) is 3.30. The summed E-state index contributed by atoms with van der Waals surface area (Å²) in [5, 5.41) is 8.81. The molecule has 0 amide bonds. The van der Waals surface area contributed by atoms with E-state index in [1.54, 1.807) is 0 Å². The lowest BCUT2D eigenvalue weighted by atomic mass is 10.3. The Bertz CT molecular complexity index is 573. The van der Waals surface area contributed by atoms with Crippen LogP contribution in [0, 0.1) is 11.3 Å². The Morgan fingerprint density at radius 2 is 2.29 bits per heavy atom. The highest BCUT2D eigenvalue weighted by molar-refractivity contribution is 7.92. The zero-order chi connectivity index (χ0) is 12.5. The minimum atomic E-state index is -3.44. The monoisotopic (exact) mass is 253 g/mol. The van der Waals surface area contributed by atoms with Crippen molar-refractivity contribution < 1.29 is 13.2 Å². The SMILES string of the molecule is CS(=O)(=O)Nc1cc(OC2CC2)cnc1C#N. The highest BCUT2D eigenvalue weighted by atomic mass is 32.2. The van der Waals surface area contributed by atoms with Crippen molar-refractivity contribution in [1.29, 1.82) is 5.26 Å². The quantitative estimate of drug-likeness (QED) is 0.859. The van der Waals surface area contributed by atoms with Gasteiger partial charge in [0.15, 0.2) is 5.69 Å². The number of pyridine rings is 1. The third-order valence-corrected chi connectivity index (χ3v) is 2.68. The van der Waals surface area contributed by atoms with E-state index in [2.05, 4.69) is 9.71 Å². The Kier molecular flexibility index (Phi) is 2.90. The normalized spacial score (nSPS) is 15.1. The Labute approximate surface area is 99.3 Å². The largest absolute Gasteiger partial charge is 0.489 e. The van der Waals surface area contributed by atoms with Crippen LogP contribution < -0.4 is 9.46 Å². The van der Waals surface area contributed by atoms with Crippen molar-refractivity contribution in [3.05, 3.63) is 18.0 Å². The molecule has 0 atom stereocenters. The highest BCUT2D eigenvalue weighted by Crippen LogP contribution is 2.28. The molecule has 7 heteroatoms. The van der Waals surface area contributed by atoms with E-state index in [4.69, 9.17) is 10.00 Å². The van der Waals surface area contributed by atoms with Crippen LogP contribution in [0.3, 0.4) is 0 Å². The zero-order valence-corrected chi connectivity index (χ0v) is 9.99. The second kappa shape index (κ2) is 4.22. The average Bonchev–Trinajstić information content (AvgIpc) is 3.00. The molecule has 1 aliphatic carbocycles. The van der Waals surface area contributed by atoms with Crippen molar-refractivity contribution in [3.8, 4) is 11.8 Å². The summed E-state index contributed by atoms with van der Waals surface area (Å²) in [5.74, 6) is 0.470. The van der Waals surface area contributed by atoms with Crippen molar-refractivity contribution >= 4 is 15.7 Å². The molecule has 0 unspecified atom stereocenters. The average molecular weight is 253 g/mol. The number of nitrogens with one attached hydrogen (secondary N) is 1. The molecule has 1 aromatic rings. The lowest BCUT2D eigenvalue weighted by molar-refractivity contribution is 0.302. The summed E-state index contributed by atoms with van der Waals surface area (Å²) in [6.45, 7) is 0. The first-order chi connectivity index (χ1) is 7.98. The molecule has 0 aliphatic heterocycles. The van der Waals surface area contributed by atoms with Crippen molar-refractivity contribution in [2.24, 2.45) is 0 Å². The van der Waals surface area contributed by atoms with Gasteiger partial charge in [-0.25, -0.2) is 13.4 Å². The van der Waals surface area contributed by atoms with Gasteiger partial charge in [-0.15, -0.1) is 0 Å². The van der Waals surface area contributed by atoms with Crippen LogP contribution in [0.25, 0.3) is 0 Å². The second-order valence-corrected chi connectivity index (χ2v) is 5.62. The van der Waals surface area contributed by atoms with Crippen LogP contribution in [0.4, 0.5) is 5.69 Å². The lowest BCUT2D eigenvalue weighted by Gasteiger charge is -2.08. The number of nitriles is 1. The van der Waals surface area contributed by atoms with Crippen LogP contribution in [-0.4, -0.2) is 25.8 Å². The van der Waals surface area contributed by atoms with Crippen LogP contribution in [0.1, 0.15) is 18.5 Å². The summed E-state index contributed by atoms with van der Waals surface area (Å²) in [4.78, 5) is 3.85. The van der Waals surface area contributed by atoms with Gasteiger partial charge in [-0.2, -0.15) is 5.26 Å². The molecule has 0 radical (unpaired) electrons. The number of nitrogens with zero attached hydrogens (tertiary/aromatic N) is 2. The molecule has 1 aromatic heterocycles. The number of ether oxygens (including phenoxy) is 1. The van der Waals surface area contributed by atoms with Gasteiger partial charge in [-0.3, -0.25) is 4.72 Å². The maximum atomic E-state index is 11.1. The Morgan fingerprint density at radius 3 is 2.82 bits per heavy atom. The maximum Gasteiger partial charge on any atom is 0.229 e. The fraction of sp³-hybridized carbons (Fsp3) is 0.400. The molecule has 0 spiro atoms. The van der Waals surface area contributed by atoms with Crippen molar-refractivity contribution in [2.45, 2.75) is 18.9 Å². The van der Waals surface area contributed by atoms with Gasteiger partial charge in [0.05, 0.1) is 24.2 Å². The first-order valence-electron chi connectivity index (χ1n) is 5.02.